The zero-order valence-electron chi connectivity index (χ0n) is 16.6. The fraction of sp³-hybridized carbons (Fsp3) is 0.227. The number of ether oxygens (including phenoxy) is 1. The molecule has 0 fully saturated rings. The molecule has 0 saturated carbocycles. The van der Waals surface area contributed by atoms with E-state index in [1.807, 2.05) is 30.7 Å². The van der Waals surface area contributed by atoms with Gasteiger partial charge in [-0.15, -0.1) is 0 Å². The molecule has 0 spiro atoms. The minimum absolute atomic E-state index is 0.265. The van der Waals surface area contributed by atoms with Crippen LogP contribution in [0.4, 0.5) is 10.2 Å². The van der Waals surface area contributed by atoms with E-state index in [0.717, 1.165) is 28.1 Å². The Balaban J connectivity index is 1.79. The third-order valence-corrected chi connectivity index (χ3v) is 5.38. The lowest BCUT2D eigenvalue weighted by molar-refractivity contribution is 0.227. The number of fused-ring (bicyclic) bond motifs is 7. The maximum absolute atomic E-state index is 14.1. The van der Waals surface area contributed by atoms with Gasteiger partial charge in [-0.2, -0.15) is 5.10 Å². The van der Waals surface area contributed by atoms with Crippen LogP contribution in [0.25, 0.3) is 22.4 Å². The van der Waals surface area contributed by atoms with E-state index < -0.39 is 6.10 Å². The second kappa shape index (κ2) is 6.98. The molecule has 0 radical (unpaired) electrons. The molecule has 7 nitrogen and oxygen atoms in total. The lowest BCUT2D eigenvalue weighted by Gasteiger charge is -2.21. The van der Waals surface area contributed by atoms with Crippen molar-refractivity contribution in [3.05, 3.63) is 65.6 Å². The average Bonchev–Trinajstić information content (AvgIpc) is 3.36. The Morgan fingerprint density at radius 3 is 2.97 bits per heavy atom. The monoisotopic (exact) mass is 405 g/mol. The molecular weight excluding hydrogens is 385 g/mol. The van der Waals surface area contributed by atoms with Crippen molar-refractivity contribution >= 4 is 5.82 Å². The van der Waals surface area contributed by atoms with Crippen molar-refractivity contribution in [2.24, 2.45) is 0 Å². The number of halogens is 1. The molecule has 2 N–H and O–H groups in total. The van der Waals surface area contributed by atoms with E-state index in [2.05, 4.69) is 15.2 Å². The summed E-state index contributed by atoms with van der Waals surface area (Å²) in [6.45, 7) is 4.25. The summed E-state index contributed by atoms with van der Waals surface area (Å²) in [7, 11) is 0. The van der Waals surface area contributed by atoms with E-state index in [4.69, 9.17) is 15.0 Å². The molecule has 152 valence electrons. The van der Waals surface area contributed by atoms with Gasteiger partial charge in [0.25, 0.3) is 0 Å². The summed E-state index contributed by atoms with van der Waals surface area (Å²) in [5.74, 6) is 1.01. The summed E-state index contributed by atoms with van der Waals surface area (Å²) in [5, 5.41) is 8.71. The second-order valence-electron chi connectivity index (χ2n) is 7.25. The minimum Gasteiger partial charge on any atom is -0.482 e. The number of aromatic nitrogens is 4. The molecule has 1 unspecified atom stereocenters. The predicted octanol–water partition coefficient (Wildman–Crippen LogP) is 4.39. The molecule has 0 saturated heterocycles. The molecule has 0 amide bonds. The van der Waals surface area contributed by atoms with Crippen molar-refractivity contribution in [1.29, 1.82) is 0 Å². The quantitative estimate of drug-likeness (QED) is 0.505. The Bertz CT molecular complexity index is 1250. The molecular formula is C22H20FN5O2. The van der Waals surface area contributed by atoms with Gasteiger partial charge in [-0.3, -0.25) is 4.68 Å². The van der Waals surface area contributed by atoms with Crippen molar-refractivity contribution in [2.45, 2.75) is 32.9 Å². The Kier molecular flexibility index (Phi) is 4.27. The van der Waals surface area contributed by atoms with Crippen LogP contribution >= 0.6 is 0 Å². The first-order valence-corrected chi connectivity index (χ1v) is 9.76. The second-order valence-corrected chi connectivity index (χ2v) is 7.25. The Hall–Kier alpha value is -3.68. The number of aryl methyl sites for hydroxylation is 1. The highest BCUT2D eigenvalue weighted by Crippen LogP contribution is 2.38. The highest BCUT2D eigenvalue weighted by molar-refractivity contribution is 5.71. The molecule has 4 heterocycles. The fourth-order valence-electron chi connectivity index (χ4n) is 3.91. The number of pyridine rings is 1. The van der Waals surface area contributed by atoms with Gasteiger partial charge in [0.15, 0.2) is 17.3 Å². The average molecular weight is 405 g/mol. The van der Waals surface area contributed by atoms with Gasteiger partial charge in [0.05, 0.1) is 17.0 Å². The minimum atomic E-state index is -0.467. The van der Waals surface area contributed by atoms with Crippen LogP contribution in [0.15, 0.2) is 47.2 Å². The summed E-state index contributed by atoms with van der Waals surface area (Å²) in [4.78, 5) is 4.31. The number of rotatable bonds is 1. The molecule has 2 bridgehead atoms. The molecule has 3 aromatic heterocycles. The first-order valence-electron chi connectivity index (χ1n) is 9.76. The molecule has 1 aromatic carbocycles. The molecule has 30 heavy (non-hydrogen) atoms. The van der Waals surface area contributed by atoms with E-state index in [1.54, 1.807) is 18.5 Å². The predicted molar refractivity (Wildman–Crippen MR) is 109 cm³/mol. The summed E-state index contributed by atoms with van der Waals surface area (Å²) in [6.07, 6.45) is 3.63. The number of nitrogens with two attached hydrogens (primary N) is 1. The van der Waals surface area contributed by atoms with Gasteiger partial charge in [0, 0.05) is 29.1 Å². The Labute approximate surface area is 172 Å². The van der Waals surface area contributed by atoms with Crippen molar-refractivity contribution in [1.82, 2.24) is 19.9 Å². The van der Waals surface area contributed by atoms with Gasteiger partial charge in [-0.25, -0.2) is 9.37 Å². The van der Waals surface area contributed by atoms with Gasteiger partial charge in [-0.1, -0.05) is 12.1 Å². The first-order chi connectivity index (χ1) is 14.5. The molecule has 5 rings (SSSR count). The summed E-state index contributed by atoms with van der Waals surface area (Å²) in [6, 6.07) is 8.37. The SMILES string of the molecule is CCc1noc2c1-c1cnc(N)c(c1)OC(C)c1cc(F)ccc1-c1ccnn1C2. The maximum atomic E-state index is 14.1. The molecule has 0 aliphatic carbocycles. The molecule has 1 atom stereocenters. The number of benzene rings is 1. The fourth-order valence-corrected chi connectivity index (χ4v) is 3.91. The zero-order valence-corrected chi connectivity index (χ0v) is 16.6. The van der Waals surface area contributed by atoms with Crippen molar-refractivity contribution < 1.29 is 13.7 Å². The van der Waals surface area contributed by atoms with Gasteiger partial charge in [0.2, 0.25) is 0 Å². The number of nitrogen functional groups attached to an aromatic ring is 1. The standard InChI is InChI=1S/C22H20FN5O2/c1-3-17-21-13-8-19(22(24)25-10-13)29-12(2)16-9-14(23)4-5-15(16)18-6-7-26-28(18)11-20(21)30-27-17/h4-10,12H,3,11H2,1-2H3,(H2,24,25). The van der Waals surface area contributed by atoms with E-state index in [1.165, 1.54) is 12.1 Å². The first kappa shape index (κ1) is 18.4. The number of nitrogens with zero attached hydrogens (tertiary/aromatic N) is 4. The summed E-state index contributed by atoms with van der Waals surface area (Å²) < 4.78 is 27.8. The topological polar surface area (TPSA) is 92.0 Å². The molecule has 1 aliphatic rings. The summed E-state index contributed by atoms with van der Waals surface area (Å²) in [5.41, 5.74) is 10.9. The van der Waals surface area contributed by atoms with Gasteiger partial charge in [0.1, 0.15) is 18.5 Å². The Morgan fingerprint density at radius 2 is 2.13 bits per heavy atom. The van der Waals surface area contributed by atoms with Crippen molar-refractivity contribution in [3.63, 3.8) is 0 Å². The van der Waals surface area contributed by atoms with Crippen LogP contribution in [0.5, 0.6) is 5.75 Å². The number of hydrogen-bond donors (Lipinski definition) is 1. The summed E-state index contributed by atoms with van der Waals surface area (Å²) >= 11 is 0. The van der Waals surface area contributed by atoms with Crippen LogP contribution in [-0.2, 0) is 13.0 Å². The zero-order chi connectivity index (χ0) is 20.8. The lowest BCUT2D eigenvalue weighted by Crippen LogP contribution is -2.11. The van der Waals surface area contributed by atoms with Crippen LogP contribution in [0.2, 0.25) is 0 Å². The van der Waals surface area contributed by atoms with Gasteiger partial charge >= 0.3 is 0 Å². The number of anilines is 1. The largest absolute Gasteiger partial charge is 0.482 e. The van der Waals surface area contributed by atoms with Crippen molar-refractivity contribution in [2.75, 3.05) is 5.73 Å². The van der Waals surface area contributed by atoms with Gasteiger partial charge in [-0.05, 0) is 43.7 Å². The van der Waals surface area contributed by atoms with Gasteiger partial charge < -0.3 is 15.0 Å². The molecule has 4 aromatic rings. The normalized spacial score (nSPS) is 15.2. The smallest absolute Gasteiger partial charge is 0.166 e. The van der Waals surface area contributed by atoms with Crippen LogP contribution < -0.4 is 10.5 Å². The maximum Gasteiger partial charge on any atom is 0.166 e. The van der Waals surface area contributed by atoms with Crippen LogP contribution in [0.3, 0.4) is 0 Å². The molecule has 8 heteroatoms. The van der Waals surface area contributed by atoms with Crippen LogP contribution in [0, 0.1) is 5.82 Å². The third-order valence-electron chi connectivity index (χ3n) is 5.38. The van der Waals surface area contributed by atoms with E-state index in [-0.39, 0.29) is 11.6 Å². The van der Waals surface area contributed by atoms with E-state index in [0.29, 0.717) is 30.0 Å². The van der Waals surface area contributed by atoms with Crippen LogP contribution in [-0.4, -0.2) is 19.9 Å². The number of hydrogen-bond acceptors (Lipinski definition) is 6. The highest BCUT2D eigenvalue weighted by atomic mass is 19.1. The lowest BCUT2D eigenvalue weighted by atomic mass is 9.99. The van der Waals surface area contributed by atoms with Crippen LogP contribution in [0.1, 0.15) is 37.0 Å². The van der Waals surface area contributed by atoms with E-state index >= 15 is 0 Å². The highest BCUT2D eigenvalue weighted by Gasteiger charge is 2.24. The Morgan fingerprint density at radius 1 is 1.27 bits per heavy atom. The molecule has 1 aliphatic heterocycles. The third kappa shape index (κ3) is 2.92. The van der Waals surface area contributed by atoms with E-state index in [9.17, 15) is 4.39 Å². The van der Waals surface area contributed by atoms with Crippen molar-refractivity contribution in [3.8, 4) is 28.1 Å².